The van der Waals surface area contributed by atoms with E-state index in [-0.39, 0.29) is 0 Å². The van der Waals surface area contributed by atoms with Crippen LogP contribution in [-0.4, -0.2) is 6.61 Å². The van der Waals surface area contributed by atoms with Gasteiger partial charge in [0.1, 0.15) is 12.4 Å². The molecule has 3 rings (SSSR count). The first kappa shape index (κ1) is 16.3. The Morgan fingerprint density at radius 2 is 2.08 bits per heavy atom. The van der Waals surface area contributed by atoms with E-state index < -0.39 is 0 Å². The van der Waals surface area contributed by atoms with Crippen LogP contribution in [0, 0.1) is 0 Å². The first-order chi connectivity index (χ1) is 11.5. The zero-order chi connectivity index (χ0) is 17.1. The molecule has 122 valence electrons. The van der Waals surface area contributed by atoms with Crippen molar-refractivity contribution in [2.75, 3.05) is 6.61 Å². The smallest absolute Gasteiger partial charge is 0.120 e. The van der Waals surface area contributed by atoms with Crippen molar-refractivity contribution < 1.29 is 4.74 Å². The molecule has 24 heavy (non-hydrogen) atoms. The fraction of sp³-hybridized carbons (Fsp3) is 0.217. The molecule has 1 aromatic rings. The number of rotatable bonds is 5. The van der Waals surface area contributed by atoms with Gasteiger partial charge < -0.3 is 4.74 Å². The molecule has 0 radical (unpaired) electrons. The van der Waals surface area contributed by atoms with Crippen molar-refractivity contribution in [2.45, 2.75) is 26.2 Å². The van der Waals surface area contributed by atoms with Gasteiger partial charge >= 0.3 is 0 Å². The van der Waals surface area contributed by atoms with Gasteiger partial charge in [-0.05, 0) is 83.4 Å². The SMILES string of the molecule is C=C(C)COc1ccc2c(c1)CC(=C)C(C(=C)C1=CC=CCC1)=C2. The van der Waals surface area contributed by atoms with Crippen LogP contribution in [0.2, 0.25) is 0 Å². The summed E-state index contributed by atoms with van der Waals surface area (Å²) >= 11 is 0. The van der Waals surface area contributed by atoms with Gasteiger partial charge in [0.25, 0.3) is 0 Å². The molecule has 0 heterocycles. The highest BCUT2D eigenvalue weighted by atomic mass is 16.5. The van der Waals surface area contributed by atoms with Crippen LogP contribution in [0.15, 0.2) is 84.0 Å². The molecule has 0 spiro atoms. The Bertz CT molecular complexity index is 799. The van der Waals surface area contributed by atoms with Gasteiger partial charge in [0, 0.05) is 0 Å². The van der Waals surface area contributed by atoms with Crippen molar-refractivity contribution in [2.24, 2.45) is 0 Å². The Hall–Kier alpha value is -2.54. The molecular formula is C23H24O. The average Bonchev–Trinajstić information content (AvgIpc) is 2.59. The fourth-order valence-electron chi connectivity index (χ4n) is 3.08. The third-order valence-corrected chi connectivity index (χ3v) is 4.41. The summed E-state index contributed by atoms with van der Waals surface area (Å²) < 4.78 is 5.75. The molecule has 0 aliphatic heterocycles. The van der Waals surface area contributed by atoms with E-state index in [1.54, 1.807) is 0 Å². The standard InChI is InChI=1S/C23H24O/c1-16(2)15-24-22-11-10-20-14-23(17(3)12-21(20)13-22)18(4)19-8-6-5-7-9-19/h5-6,8,10-11,13-14H,1,3-4,7,9,12,15H2,2H3. The summed E-state index contributed by atoms with van der Waals surface area (Å²) in [4.78, 5) is 0. The monoisotopic (exact) mass is 316 g/mol. The number of hydrogen-bond acceptors (Lipinski definition) is 1. The molecule has 0 atom stereocenters. The highest BCUT2D eigenvalue weighted by molar-refractivity contribution is 5.74. The van der Waals surface area contributed by atoms with Crippen LogP contribution in [-0.2, 0) is 6.42 Å². The molecule has 2 aliphatic rings. The maximum atomic E-state index is 5.75. The molecule has 0 saturated carbocycles. The summed E-state index contributed by atoms with van der Waals surface area (Å²) in [7, 11) is 0. The molecule has 1 aromatic carbocycles. The number of ether oxygens (including phenoxy) is 1. The molecular weight excluding hydrogens is 292 g/mol. The van der Waals surface area contributed by atoms with Gasteiger partial charge in [0.05, 0.1) is 0 Å². The topological polar surface area (TPSA) is 9.23 Å². The molecule has 1 nitrogen and oxygen atoms in total. The fourth-order valence-corrected chi connectivity index (χ4v) is 3.08. The lowest BCUT2D eigenvalue weighted by Gasteiger charge is -2.23. The maximum absolute atomic E-state index is 5.75. The van der Waals surface area contributed by atoms with Gasteiger partial charge in [-0.2, -0.15) is 0 Å². The van der Waals surface area contributed by atoms with E-state index in [4.69, 9.17) is 4.74 Å². The molecule has 0 aromatic heterocycles. The van der Waals surface area contributed by atoms with Crippen molar-refractivity contribution in [3.8, 4) is 5.75 Å². The Morgan fingerprint density at radius 1 is 1.25 bits per heavy atom. The minimum Gasteiger partial charge on any atom is -0.489 e. The van der Waals surface area contributed by atoms with Crippen LogP contribution in [0.3, 0.4) is 0 Å². The number of benzene rings is 1. The van der Waals surface area contributed by atoms with Crippen LogP contribution in [0.25, 0.3) is 6.08 Å². The Morgan fingerprint density at radius 3 is 2.79 bits per heavy atom. The summed E-state index contributed by atoms with van der Waals surface area (Å²) in [6.07, 6.45) is 11.7. The van der Waals surface area contributed by atoms with Gasteiger partial charge in [0.2, 0.25) is 0 Å². The second-order valence-corrected chi connectivity index (χ2v) is 6.58. The third kappa shape index (κ3) is 3.51. The largest absolute Gasteiger partial charge is 0.489 e. The Kier molecular flexibility index (Phi) is 4.71. The van der Waals surface area contributed by atoms with E-state index >= 15 is 0 Å². The van der Waals surface area contributed by atoms with Crippen molar-refractivity contribution >= 4 is 6.08 Å². The van der Waals surface area contributed by atoms with Gasteiger partial charge in [-0.25, -0.2) is 0 Å². The minimum atomic E-state index is 0.555. The quantitative estimate of drug-likeness (QED) is 0.608. The Balaban J connectivity index is 1.86. The number of fused-ring (bicyclic) bond motifs is 1. The number of hydrogen-bond donors (Lipinski definition) is 0. The first-order valence-electron chi connectivity index (χ1n) is 8.40. The van der Waals surface area contributed by atoms with Gasteiger partial charge in [0.15, 0.2) is 0 Å². The highest BCUT2D eigenvalue weighted by Gasteiger charge is 2.18. The van der Waals surface area contributed by atoms with Crippen molar-refractivity contribution in [1.29, 1.82) is 0 Å². The molecule has 0 unspecified atom stereocenters. The maximum Gasteiger partial charge on any atom is 0.120 e. The van der Waals surface area contributed by atoms with Crippen LogP contribution < -0.4 is 4.74 Å². The lowest BCUT2D eigenvalue weighted by atomic mass is 9.82. The molecule has 2 aliphatic carbocycles. The molecule has 0 fully saturated rings. The first-order valence-corrected chi connectivity index (χ1v) is 8.40. The van der Waals surface area contributed by atoms with Crippen LogP contribution >= 0.6 is 0 Å². The average molecular weight is 316 g/mol. The van der Waals surface area contributed by atoms with E-state index in [1.165, 1.54) is 22.3 Å². The molecule has 0 N–H and O–H groups in total. The molecule has 0 amide bonds. The summed E-state index contributed by atoms with van der Waals surface area (Å²) in [5.41, 5.74) is 8.24. The lowest BCUT2D eigenvalue weighted by Crippen LogP contribution is -2.07. The summed E-state index contributed by atoms with van der Waals surface area (Å²) in [6.45, 7) is 15.0. The predicted octanol–water partition coefficient (Wildman–Crippen LogP) is 5.97. The van der Waals surface area contributed by atoms with Gasteiger partial charge in [-0.15, -0.1) is 0 Å². The van der Waals surface area contributed by atoms with Crippen LogP contribution in [0.4, 0.5) is 0 Å². The Labute approximate surface area is 145 Å². The van der Waals surface area contributed by atoms with E-state index in [9.17, 15) is 0 Å². The van der Waals surface area contributed by atoms with Gasteiger partial charge in [-0.3, -0.25) is 0 Å². The van der Waals surface area contributed by atoms with Crippen molar-refractivity contribution in [3.05, 3.63) is 95.2 Å². The van der Waals surface area contributed by atoms with Crippen molar-refractivity contribution in [1.82, 2.24) is 0 Å². The predicted molar refractivity (Wildman–Crippen MR) is 103 cm³/mol. The third-order valence-electron chi connectivity index (χ3n) is 4.41. The van der Waals surface area contributed by atoms with Crippen LogP contribution in [0.1, 0.15) is 30.9 Å². The van der Waals surface area contributed by atoms with Gasteiger partial charge in [-0.1, -0.05) is 44.0 Å². The molecule has 0 bridgehead atoms. The summed E-state index contributed by atoms with van der Waals surface area (Å²) in [5, 5.41) is 0. The minimum absolute atomic E-state index is 0.555. The summed E-state index contributed by atoms with van der Waals surface area (Å²) in [6, 6.07) is 6.26. The second kappa shape index (κ2) is 6.92. The molecule has 1 heteroatoms. The van der Waals surface area contributed by atoms with E-state index in [0.29, 0.717) is 6.61 Å². The lowest BCUT2D eigenvalue weighted by molar-refractivity contribution is 0.352. The van der Waals surface area contributed by atoms with E-state index in [2.05, 4.69) is 56.2 Å². The zero-order valence-electron chi connectivity index (χ0n) is 14.4. The van der Waals surface area contributed by atoms with E-state index in [0.717, 1.165) is 41.7 Å². The normalized spacial score (nSPS) is 16.1. The molecule has 0 saturated heterocycles. The second-order valence-electron chi connectivity index (χ2n) is 6.58. The summed E-state index contributed by atoms with van der Waals surface area (Å²) in [5.74, 6) is 0.889. The van der Waals surface area contributed by atoms with Crippen molar-refractivity contribution in [3.63, 3.8) is 0 Å². The number of allylic oxidation sites excluding steroid dienone is 7. The zero-order valence-corrected chi connectivity index (χ0v) is 14.4. The van der Waals surface area contributed by atoms with Crippen LogP contribution in [0.5, 0.6) is 5.75 Å². The van der Waals surface area contributed by atoms with E-state index in [1.807, 2.05) is 13.0 Å². The highest BCUT2D eigenvalue weighted by Crippen LogP contribution is 2.36.